The van der Waals surface area contributed by atoms with Gasteiger partial charge in [0.25, 0.3) is 0 Å². The SMILES string of the molecule is CNC(CC(C)C)C(=O)OC1CC2=C(OC1(C)C)c1ccccc1C(=O)C2=O. The Morgan fingerprint density at radius 3 is 2.46 bits per heavy atom. The lowest BCUT2D eigenvalue weighted by molar-refractivity contribution is -0.166. The number of carbonyl (C=O) groups excluding carboxylic acids is 3. The molecular weight excluding hydrogens is 358 g/mol. The zero-order valence-electron chi connectivity index (χ0n) is 17.0. The number of carbonyl (C=O) groups is 3. The Bertz CT molecular complexity index is 852. The molecule has 1 N–H and O–H groups in total. The first kappa shape index (κ1) is 20.3. The molecule has 150 valence electrons. The Morgan fingerprint density at radius 2 is 1.86 bits per heavy atom. The van der Waals surface area contributed by atoms with Crippen LogP contribution in [0.1, 0.15) is 56.5 Å². The van der Waals surface area contributed by atoms with Crippen LogP contribution in [0, 0.1) is 5.92 Å². The van der Waals surface area contributed by atoms with E-state index in [0.717, 1.165) is 0 Å². The molecule has 1 heterocycles. The summed E-state index contributed by atoms with van der Waals surface area (Å²) in [4.78, 5) is 37.8. The number of ether oxygens (including phenoxy) is 2. The quantitative estimate of drug-likeness (QED) is 0.620. The van der Waals surface area contributed by atoms with Gasteiger partial charge in [-0.05, 0) is 33.2 Å². The van der Waals surface area contributed by atoms with E-state index < -0.39 is 29.3 Å². The number of ketones is 2. The Labute approximate surface area is 165 Å². The molecule has 2 aliphatic rings. The fourth-order valence-corrected chi connectivity index (χ4v) is 3.68. The summed E-state index contributed by atoms with van der Waals surface area (Å²) >= 11 is 0. The zero-order chi connectivity index (χ0) is 20.6. The van der Waals surface area contributed by atoms with Gasteiger partial charge in [0.2, 0.25) is 11.6 Å². The first-order chi connectivity index (χ1) is 13.2. The van der Waals surface area contributed by atoms with E-state index in [1.165, 1.54) is 0 Å². The molecule has 6 heteroatoms. The van der Waals surface area contributed by atoms with Crippen LogP contribution in [0.3, 0.4) is 0 Å². The highest BCUT2D eigenvalue weighted by atomic mass is 16.6. The van der Waals surface area contributed by atoms with Crippen LogP contribution in [0.25, 0.3) is 5.76 Å². The maximum absolute atomic E-state index is 12.7. The third kappa shape index (κ3) is 3.61. The van der Waals surface area contributed by atoms with E-state index in [0.29, 0.717) is 29.2 Å². The lowest BCUT2D eigenvalue weighted by atomic mass is 9.81. The number of nitrogens with one attached hydrogen (secondary N) is 1. The van der Waals surface area contributed by atoms with Crippen molar-refractivity contribution in [1.29, 1.82) is 0 Å². The van der Waals surface area contributed by atoms with Crippen LogP contribution in [0.15, 0.2) is 29.8 Å². The van der Waals surface area contributed by atoms with Crippen LogP contribution in [-0.4, -0.2) is 42.3 Å². The number of fused-ring (bicyclic) bond motifs is 2. The molecule has 0 amide bonds. The summed E-state index contributed by atoms with van der Waals surface area (Å²) in [5.74, 6) is -0.765. The van der Waals surface area contributed by atoms with Crippen LogP contribution < -0.4 is 5.32 Å². The van der Waals surface area contributed by atoms with E-state index in [-0.39, 0.29) is 18.0 Å². The van der Waals surface area contributed by atoms with Gasteiger partial charge in [-0.3, -0.25) is 14.4 Å². The molecule has 1 aromatic rings. The lowest BCUT2D eigenvalue weighted by Crippen LogP contribution is -2.49. The van der Waals surface area contributed by atoms with Gasteiger partial charge in [0.15, 0.2) is 0 Å². The number of rotatable bonds is 5. The van der Waals surface area contributed by atoms with Crippen molar-refractivity contribution in [2.45, 2.75) is 58.3 Å². The predicted molar refractivity (Wildman–Crippen MR) is 105 cm³/mol. The topological polar surface area (TPSA) is 81.7 Å². The molecule has 0 saturated heterocycles. The second kappa shape index (κ2) is 7.51. The van der Waals surface area contributed by atoms with Crippen LogP contribution in [0.5, 0.6) is 0 Å². The van der Waals surface area contributed by atoms with Gasteiger partial charge in [0.05, 0.1) is 5.57 Å². The Hall–Kier alpha value is -2.47. The molecular formula is C22H27NO5. The first-order valence-corrected chi connectivity index (χ1v) is 9.64. The first-order valence-electron chi connectivity index (χ1n) is 9.64. The van der Waals surface area contributed by atoms with Gasteiger partial charge >= 0.3 is 5.97 Å². The van der Waals surface area contributed by atoms with Gasteiger partial charge < -0.3 is 14.8 Å². The minimum Gasteiger partial charge on any atom is -0.483 e. The molecule has 0 spiro atoms. The molecule has 0 bridgehead atoms. The number of Topliss-reactive ketones (excluding diaryl/α,β-unsaturated/α-hetero) is 2. The van der Waals surface area contributed by atoms with Gasteiger partial charge in [0.1, 0.15) is 23.5 Å². The number of benzene rings is 1. The minimum absolute atomic E-state index is 0.158. The molecule has 28 heavy (non-hydrogen) atoms. The second-order valence-corrected chi connectivity index (χ2v) is 8.32. The molecule has 0 aromatic heterocycles. The van der Waals surface area contributed by atoms with E-state index in [9.17, 15) is 14.4 Å². The van der Waals surface area contributed by atoms with Gasteiger partial charge in [-0.2, -0.15) is 0 Å². The van der Waals surface area contributed by atoms with E-state index >= 15 is 0 Å². The zero-order valence-corrected chi connectivity index (χ0v) is 17.0. The molecule has 2 atom stereocenters. The third-order valence-electron chi connectivity index (χ3n) is 5.30. The molecule has 0 saturated carbocycles. The fourth-order valence-electron chi connectivity index (χ4n) is 3.68. The molecule has 3 rings (SSSR count). The summed E-state index contributed by atoms with van der Waals surface area (Å²) in [6.45, 7) is 7.72. The molecule has 2 unspecified atom stereocenters. The van der Waals surface area contributed by atoms with E-state index in [4.69, 9.17) is 9.47 Å². The van der Waals surface area contributed by atoms with Crippen molar-refractivity contribution in [2.75, 3.05) is 7.05 Å². The third-order valence-corrected chi connectivity index (χ3v) is 5.30. The van der Waals surface area contributed by atoms with Crippen molar-refractivity contribution in [3.63, 3.8) is 0 Å². The van der Waals surface area contributed by atoms with Crippen molar-refractivity contribution in [2.24, 2.45) is 5.92 Å². The standard InChI is InChI=1S/C22H27NO5/c1-12(2)10-16(23-5)21(26)27-17-11-15-19(25)18(24)13-8-6-7-9-14(13)20(15)28-22(17,3)4/h6-9,12,16-17,23H,10-11H2,1-5H3. The maximum atomic E-state index is 12.7. The largest absolute Gasteiger partial charge is 0.483 e. The summed E-state index contributed by atoms with van der Waals surface area (Å²) in [5.41, 5.74) is 0.418. The number of likely N-dealkylation sites (N-methyl/N-ethyl adjacent to an activating group) is 1. The molecule has 1 aliphatic carbocycles. The average Bonchev–Trinajstić information content (AvgIpc) is 2.64. The molecule has 0 radical (unpaired) electrons. The number of hydrogen-bond acceptors (Lipinski definition) is 6. The highest BCUT2D eigenvalue weighted by Crippen LogP contribution is 2.42. The highest BCUT2D eigenvalue weighted by molar-refractivity contribution is 6.52. The summed E-state index contributed by atoms with van der Waals surface area (Å²) in [5, 5.41) is 2.99. The van der Waals surface area contributed by atoms with Gasteiger partial charge in [-0.25, -0.2) is 0 Å². The van der Waals surface area contributed by atoms with Crippen LogP contribution in [0.2, 0.25) is 0 Å². The van der Waals surface area contributed by atoms with Gasteiger partial charge in [-0.1, -0.05) is 38.1 Å². The van der Waals surface area contributed by atoms with Crippen LogP contribution in [0.4, 0.5) is 0 Å². The monoisotopic (exact) mass is 385 g/mol. The average molecular weight is 385 g/mol. The summed E-state index contributed by atoms with van der Waals surface area (Å²) in [6.07, 6.45) is 0.136. The molecule has 6 nitrogen and oxygen atoms in total. The van der Waals surface area contributed by atoms with Crippen LogP contribution in [-0.2, 0) is 19.1 Å². The Balaban J connectivity index is 1.90. The highest BCUT2D eigenvalue weighted by Gasteiger charge is 2.47. The van der Waals surface area contributed by atoms with Gasteiger partial charge in [0, 0.05) is 17.5 Å². The summed E-state index contributed by atoms with van der Waals surface area (Å²) in [6, 6.07) is 6.50. The van der Waals surface area contributed by atoms with E-state index in [2.05, 4.69) is 5.32 Å². The van der Waals surface area contributed by atoms with Crippen molar-refractivity contribution in [1.82, 2.24) is 5.32 Å². The molecule has 1 aliphatic heterocycles. The van der Waals surface area contributed by atoms with E-state index in [1.807, 2.05) is 27.7 Å². The fraction of sp³-hybridized carbons (Fsp3) is 0.500. The smallest absolute Gasteiger partial charge is 0.323 e. The normalized spacial score (nSPS) is 21.7. The summed E-state index contributed by atoms with van der Waals surface area (Å²) in [7, 11) is 1.72. The van der Waals surface area contributed by atoms with Gasteiger partial charge in [-0.15, -0.1) is 0 Å². The second-order valence-electron chi connectivity index (χ2n) is 8.32. The minimum atomic E-state index is -0.835. The summed E-state index contributed by atoms with van der Waals surface area (Å²) < 4.78 is 11.9. The number of hydrogen-bond donors (Lipinski definition) is 1. The Kier molecular flexibility index (Phi) is 5.44. The van der Waals surface area contributed by atoms with Crippen molar-refractivity contribution in [3.05, 3.63) is 41.0 Å². The van der Waals surface area contributed by atoms with Crippen LogP contribution >= 0.6 is 0 Å². The van der Waals surface area contributed by atoms with E-state index in [1.54, 1.807) is 31.3 Å². The molecule has 1 aromatic carbocycles. The molecule has 0 fully saturated rings. The Morgan fingerprint density at radius 1 is 1.21 bits per heavy atom. The number of esters is 1. The van der Waals surface area contributed by atoms with Crippen molar-refractivity contribution < 1.29 is 23.9 Å². The maximum Gasteiger partial charge on any atom is 0.323 e. The lowest BCUT2D eigenvalue weighted by Gasteiger charge is -2.41. The predicted octanol–water partition coefficient (Wildman–Crippen LogP) is 2.91. The van der Waals surface area contributed by atoms with Crippen molar-refractivity contribution in [3.8, 4) is 0 Å². The van der Waals surface area contributed by atoms with Crippen molar-refractivity contribution >= 4 is 23.3 Å².